The standard InChI is InChI=1S/C11H11FN2/c12-11-6-4-2-1-3-5-10(11)9-7-13-14-8-9/h1-2,4,6-8H,3,5H2,(H,13,14)/b2-1-,6-4-,11-10-. The first kappa shape index (κ1) is 8.94. The summed E-state index contributed by atoms with van der Waals surface area (Å²) in [5, 5.41) is 6.51. The summed E-state index contributed by atoms with van der Waals surface area (Å²) in [5.41, 5.74) is 1.56. The molecule has 2 nitrogen and oxygen atoms in total. The van der Waals surface area contributed by atoms with Crippen molar-refractivity contribution in [1.82, 2.24) is 10.2 Å². The molecule has 0 aliphatic heterocycles. The third-order valence-corrected chi connectivity index (χ3v) is 2.19. The van der Waals surface area contributed by atoms with Gasteiger partial charge in [0.25, 0.3) is 0 Å². The number of hydrogen-bond donors (Lipinski definition) is 1. The lowest BCUT2D eigenvalue weighted by Gasteiger charge is -2.05. The maximum absolute atomic E-state index is 13.6. The Labute approximate surface area is 81.8 Å². The molecule has 0 bridgehead atoms. The second-order valence-electron chi connectivity index (χ2n) is 3.14. The van der Waals surface area contributed by atoms with Crippen molar-refractivity contribution >= 4 is 5.57 Å². The lowest BCUT2D eigenvalue weighted by Crippen LogP contribution is -1.86. The SMILES string of the molecule is FC1=C(\c2cn[nH]c2)CC\C=C/C=C\1. The molecule has 14 heavy (non-hydrogen) atoms. The molecule has 1 heterocycles. The zero-order chi connectivity index (χ0) is 9.80. The first-order valence-electron chi connectivity index (χ1n) is 4.59. The maximum Gasteiger partial charge on any atom is 0.127 e. The molecule has 0 atom stereocenters. The van der Waals surface area contributed by atoms with Gasteiger partial charge in [-0.2, -0.15) is 5.10 Å². The van der Waals surface area contributed by atoms with Gasteiger partial charge in [0.2, 0.25) is 0 Å². The van der Waals surface area contributed by atoms with Gasteiger partial charge in [-0.25, -0.2) is 4.39 Å². The summed E-state index contributed by atoms with van der Waals surface area (Å²) < 4.78 is 13.6. The zero-order valence-corrected chi connectivity index (χ0v) is 7.70. The van der Waals surface area contributed by atoms with Crippen LogP contribution in [-0.4, -0.2) is 10.2 Å². The molecule has 1 aromatic rings. The van der Waals surface area contributed by atoms with Crippen molar-refractivity contribution in [2.75, 3.05) is 0 Å². The summed E-state index contributed by atoms with van der Waals surface area (Å²) in [6.07, 6.45) is 12.0. The van der Waals surface area contributed by atoms with E-state index in [1.54, 1.807) is 18.5 Å². The number of nitrogens with one attached hydrogen (secondary N) is 1. The number of aromatic amines is 1. The summed E-state index contributed by atoms with van der Waals surface area (Å²) in [7, 11) is 0. The fourth-order valence-corrected chi connectivity index (χ4v) is 1.46. The van der Waals surface area contributed by atoms with E-state index >= 15 is 0 Å². The molecular weight excluding hydrogens is 179 g/mol. The highest BCUT2D eigenvalue weighted by molar-refractivity contribution is 5.68. The van der Waals surface area contributed by atoms with Crippen molar-refractivity contribution in [1.29, 1.82) is 0 Å². The molecule has 1 N–H and O–H groups in total. The normalized spacial score (nSPS) is 26.6. The van der Waals surface area contributed by atoms with Crippen molar-refractivity contribution in [2.24, 2.45) is 0 Å². The van der Waals surface area contributed by atoms with E-state index in [0.29, 0.717) is 6.42 Å². The van der Waals surface area contributed by atoms with Crippen LogP contribution < -0.4 is 0 Å². The number of hydrogen-bond acceptors (Lipinski definition) is 1. The molecule has 0 spiro atoms. The first-order chi connectivity index (χ1) is 6.88. The second-order valence-corrected chi connectivity index (χ2v) is 3.14. The van der Waals surface area contributed by atoms with Crippen LogP contribution in [0.25, 0.3) is 5.57 Å². The van der Waals surface area contributed by atoms with E-state index in [2.05, 4.69) is 10.2 Å². The third-order valence-electron chi connectivity index (χ3n) is 2.19. The van der Waals surface area contributed by atoms with Crippen LogP contribution >= 0.6 is 0 Å². The predicted octanol–water partition coefficient (Wildman–Crippen LogP) is 3.00. The van der Waals surface area contributed by atoms with Crippen LogP contribution in [0.5, 0.6) is 0 Å². The Kier molecular flexibility index (Phi) is 2.58. The van der Waals surface area contributed by atoms with Gasteiger partial charge in [0.15, 0.2) is 0 Å². The Morgan fingerprint density at radius 1 is 1.36 bits per heavy atom. The Balaban J connectivity index is 2.37. The molecule has 0 radical (unpaired) electrons. The van der Waals surface area contributed by atoms with Gasteiger partial charge in [0, 0.05) is 11.8 Å². The molecule has 0 saturated carbocycles. The summed E-state index contributed by atoms with van der Waals surface area (Å²) in [6.45, 7) is 0. The summed E-state index contributed by atoms with van der Waals surface area (Å²) in [6, 6.07) is 0. The van der Waals surface area contributed by atoms with Crippen molar-refractivity contribution < 1.29 is 4.39 Å². The zero-order valence-electron chi connectivity index (χ0n) is 7.70. The lowest BCUT2D eigenvalue weighted by molar-refractivity contribution is 0.665. The molecule has 72 valence electrons. The van der Waals surface area contributed by atoms with Gasteiger partial charge in [0.05, 0.1) is 6.20 Å². The highest BCUT2D eigenvalue weighted by Crippen LogP contribution is 2.25. The Bertz CT molecular complexity index is 385. The second kappa shape index (κ2) is 4.05. The van der Waals surface area contributed by atoms with Crippen molar-refractivity contribution in [3.05, 3.63) is 48.1 Å². The number of halogens is 1. The van der Waals surface area contributed by atoms with Gasteiger partial charge < -0.3 is 0 Å². The van der Waals surface area contributed by atoms with Gasteiger partial charge in [-0.05, 0) is 24.5 Å². The quantitative estimate of drug-likeness (QED) is 0.724. The van der Waals surface area contributed by atoms with Gasteiger partial charge in [0.1, 0.15) is 5.83 Å². The fourth-order valence-electron chi connectivity index (χ4n) is 1.46. The van der Waals surface area contributed by atoms with E-state index < -0.39 is 0 Å². The molecule has 3 heteroatoms. The average molecular weight is 190 g/mol. The lowest BCUT2D eigenvalue weighted by atomic mass is 10.0. The Hall–Kier alpha value is -1.64. The number of H-pyrrole nitrogens is 1. The van der Waals surface area contributed by atoms with Crippen molar-refractivity contribution in [2.45, 2.75) is 12.8 Å². The van der Waals surface area contributed by atoms with E-state index in [1.165, 1.54) is 6.08 Å². The van der Waals surface area contributed by atoms with E-state index in [1.807, 2.05) is 12.2 Å². The minimum absolute atomic E-state index is 0.171. The Morgan fingerprint density at radius 3 is 3.07 bits per heavy atom. The maximum atomic E-state index is 13.6. The van der Waals surface area contributed by atoms with E-state index in [0.717, 1.165) is 17.6 Å². The molecule has 0 unspecified atom stereocenters. The summed E-state index contributed by atoms with van der Waals surface area (Å²) >= 11 is 0. The number of nitrogens with zero attached hydrogens (tertiary/aromatic N) is 1. The van der Waals surface area contributed by atoms with Crippen LogP contribution in [0.15, 0.2) is 42.5 Å². The van der Waals surface area contributed by atoms with E-state index in [4.69, 9.17) is 0 Å². The van der Waals surface area contributed by atoms with Crippen LogP contribution in [0.1, 0.15) is 18.4 Å². The molecule has 1 aromatic heterocycles. The van der Waals surface area contributed by atoms with Crippen LogP contribution in [-0.2, 0) is 0 Å². The highest BCUT2D eigenvalue weighted by Gasteiger charge is 2.08. The van der Waals surface area contributed by atoms with E-state index in [9.17, 15) is 4.39 Å². The molecule has 0 aromatic carbocycles. The smallest absolute Gasteiger partial charge is 0.127 e. The molecular formula is C11H11FN2. The van der Waals surface area contributed by atoms with Gasteiger partial charge in [-0.3, -0.25) is 5.10 Å². The number of allylic oxidation sites excluding steroid dienone is 6. The molecule has 0 amide bonds. The van der Waals surface area contributed by atoms with Crippen molar-refractivity contribution in [3.8, 4) is 0 Å². The minimum atomic E-state index is -0.171. The van der Waals surface area contributed by atoms with Crippen LogP contribution in [0.3, 0.4) is 0 Å². The molecule has 1 aliphatic carbocycles. The Morgan fingerprint density at radius 2 is 2.29 bits per heavy atom. The van der Waals surface area contributed by atoms with Crippen LogP contribution in [0, 0.1) is 0 Å². The van der Waals surface area contributed by atoms with Gasteiger partial charge in [-0.15, -0.1) is 0 Å². The summed E-state index contributed by atoms with van der Waals surface area (Å²) in [5.74, 6) is -0.171. The van der Waals surface area contributed by atoms with Gasteiger partial charge >= 0.3 is 0 Å². The number of rotatable bonds is 1. The first-order valence-corrected chi connectivity index (χ1v) is 4.59. The topological polar surface area (TPSA) is 28.7 Å². The molecule has 2 rings (SSSR count). The van der Waals surface area contributed by atoms with Crippen LogP contribution in [0.4, 0.5) is 4.39 Å². The largest absolute Gasteiger partial charge is 0.285 e. The molecule has 0 saturated heterocycles. The number of aromatic nitrogens is 2. The summed E-state index contributed by atoms with van der Waals surface area (Å²) in [4.78, 5) is 0. The molecule has 0 fully saturated rings. The molecule has 1 aliphatic rings. The fraction of sp³-hybridized carbons (Fsp3) is 0.182. The highest BCUT2D eigenvalue weighted by atomic mass is 19.1. The van der Waals surface area contributed by atoms with Crippen LogP contribution in [0.2, 0.25) is 0 Å². The monoisotopic (exact) mass is 190 g/mol. The minimum Gasteiger partial charge on any atom is -0.285 e. The van der Waals surface area contributed by atoms with Crippen molar-refractivity contribution in [3.63, 3.8) is 0 Å². The van der Waals surface area contributed by atoms with Gasteiger partial charge in [-0.1, -0.05) is 18.2 Å². The predicted molar refractivity (Wildman–Crippen MR) is 54.1 cm³/mol. The average Bonchev–Trinajstić information content (AvgIpc) is 2.65. The third kappa shape index (κ3) is 1.82. The van der Waals surface area contributed by atoms with E-state index in [-0.39, 0.29) is 5.83 Å².